The van der Waals surface area contributed by atoms with Gasteiger partial charge in [-0.3, -0.25) is 9.59 Å². The SMILES string of the molecule is Cc1ccc(C(=O)NCCc2ccc(Br)s2)cc1NC(=O)c1ccco1. The predicted molar refractivity (Wildman–Crippen MR) is 106 cm³/mol. The Hall–Kier alpha value is -2.38. The summed E-state index contributed by atoms with van der Waals surface area (Å²) in [5.74, 6) is -0.297. The Morgan fingerprint density at radius 2 is 2.00 bits per heavy atom. The van der Waals surface area contributed by atoms with Crippen molar-refractivity contribution in [2.75, 3.05) is 11.9 Å². The Morgan fingerprint density at radius 3 is 2.69 bits per heavy atom. The molecule has 0 saturated heterocycles. The third kappa shape index (κ3) is 4.62. The fourth-order valence-corrected chi connectivity index (χ4v) is 3.86. The van der Waals surface area contributed by atoms with Gasteiger partial charge in [-0.1, -0.05) is 6.07 Å². The number of amides is 2. The molecular formula is C19H17BrN2O3S. The van der Waals surface area contributed by atoms with Gasteiger partial charge in [0, 0.05) is 22.7 Å². The van der Waals surface area contributed by atoms with Crippen LogP contribution in [0.4, 0.5) is 5.69 Å². The van der Waals surface area contributed by atoms with E-state index >= 15 is 0 Å². The van der Waals surface area contributed by atoms with E-state index in [4.69, 9.17) is 4.42 Å². The lowest BCUT2D eigenvalue weighted by Crippen LogP contribution is -2.25. The zero-order valence-electron chi connectivity index (χ0n) is 14.0. The van der Waals surface area contributed by atoms with Gasteiger partial charge in [0.25, 0.3) is 11.8 Å². The molecule has 134 valence electrons. The van der Waals surface area contributed by atoms with Crippen LogP contribution in [0.1, 0.15) is 31.4 Å². The molecule has 2 aromatic heterocycles. The van der Waals surface area contributed by atoms with Gasteiger partial charge in [0.2, 0.25) is 0 Å². The van der Waals surface area contributed by atoms with E-state index in [2.05, 4.69) is 26.6 Å². The van der Waals surface area contributed by atoms with Crippen LogP contribution in [0.3, 0.4) is 0 Å². The summed E-state index contributed by atoms with van der Waals surface area (Å²) in [5.41, 5.74) is 1.95. The normalized spacial score (nSPS) is 10.5. The lowest BCUT2D eigenvalue weighted by molar-refractivity contribution is 0.0952. The van der Waals surface area contributed by atoms with Gasteiger partial charge in [-0.15, -0.1) is 11.3 Å². The van der Waals surface area contributed by atoms with E-state index < -0.39 is 0 Å². The molecule has 0 saturated carbocycles. The maximum Gasteiger partial charge on any atom is 0.291 e. The average molecular weight is 433 g/mol. The summed E-state index contributed by atoms with van der Waals surface area (Å²) >= 11 is 5.08. The molecule has 2 N–H and O–H groups in total. The third-order valence-electron chi connectivity index (χ3n) is 3.78. The quantitative estimate of drug-likeness (QED) is 0.595. The molecular weight excluding hydrogens is 416 g/mol. The van der Waals surface area contributed by atoms with Crippen LogP contribution in [0.2, 0.25) is 0 Å². The summed E-state index contributed by atoms with van der Waals surface area (Å²) in [4.78, 5) is 25.7. The number of rotatable bonds is 6. The topological polar surface area (TPSA) is 71.3 Å². The molecule has 3 rings (SSSR count). The molecule has 0 fully saturated rings. The van der Waals surface area contributed by atoms with Gasteiger partial charge in [-0.25, -0.2) is 0 Å². The van der Waals surface area contributed by atoms with Gasteiger partial charge >= 0.3 is 0 Å². The highest BCUT2D eigenvalue weighted by Gasteiger charge is 2.13. The third-order valence-corrected chi connectivity index (χ3v) is 5.46. The van der Waals surface area contributed by atoms with Crippen LogP contribution in [-0.4, -0.2) is 18.4 Å². The van der Waals surface area contributed by atoms with Crippen LogP contribution >= 0.6 is 27.3 Å². The minimum Gasteiger partial charge on any atom is -0.459 e. The number of carbonyl (C=O) groups is 2. The minimum absolute atomic E-state index is 0.172. The standard InChI is InChI=1S/C19H17BrN2O3S/c1-12-4-5-13(11-15(12)22-19(24)16-3-2-10-25-16)18(23)21-9-8-14-6-7-17(20)26-14/h2-7,10-11H,8-9H2,1H3,(H,21,23)(H,22,24). The maximum atomic E-state index is 12.4. The van der Waals surface area contributed by atoms with E-state index in [1.54, 1.807) is 35.6 Å². The highest BCUT2D eigenvalue weighted by atomic mass is 79.9. The van der Waals surface area contributed by atoms with Crippen LogP contribution in [-0.2, 0) is 6.42 Å². The van der Waals surface area contributed by atoms with Gasteiger partial charge < -0.3 is 15.1 Å². The number of furan rings is 1. The number of benzene rings is 1. The van der Waals surface area contributed by atoms with Crippen LogP contribution in [0.15, 0.2) is 56.9 Å². The number of hydrogen-bond acceptors (Lipinski definition) is 4. The fraction of sp³-hybridized carbons (Fsp3) is 0.158. The summed E-state index contributed by atoms with van der Waals surface area (Å²) in [7, 11) is 0. The zero-order chi connectivity index (χ0) is 18.5. The van der Waals surface area contributed by atoms with Crippen molar-refractivity contribution >= 4 is 44.8 Å². The number of carbonyl (C=O) groups excluding carboxylic acids is 2. The number of hydrogen-bond donors (Lipinski definition) is 2. The van der Waals surface area contributed by atoms with Crippen molar-refractivity contribution < 1.29 is 14.0 Å². The molecule has 26 heavy (non-hydrogen) atoms. The fourth-order valence-electron chi connectivity index (χ4n) is 2.38. The van der Waals surface area contributed by atoms with Gasteiger partial charge in [-0.05, 0) is 71.2 Å². The zero-order valence-corrected chi connectivity index (χ0v) is 16.4. The number of thiophene rings is 1. The van der Waals surface area contributed by atoms with Gasteiger partial charge in [-0.2, -0.15) is 0 Å². The van der Waals surface area contributed by atoms with E-state index in [0.717, 1.165) is 15.8 Å². The van der Waals surface area contributed by atoms with E-state index in [1.165, 1.54) is 11.1 Å². The Labute approximate surface area is 163 Å². The lowest BCUT2D eigenvalue weighted by Gasteiger charge is -2.10. The molecule has 3 aromatic rings. The van der Waals surface area contributed by atoms with Gasteiger partial charge in [0.1, 0.15) is 0 Å². The Kier molecular flexibility index (Phi) is 5.90. The lowest BCUT2D eigenvalue weighted by atomic mass is 10.1. The molecule has 2 heterocycles. The van der Waals surface area contributed by atoms with E-state index in [-0.39, 0.29) is 17.6 Å². The van der Waals surface area contributed by atoms with Crippen molar-refractivity contribution in [1.82, 2.24) is 5.32 Å². The molecule has 0 radical (unpaired) electrons. The maximum absolute atomic E-state index is 12.4. The molecule has 7 heteroatoms. The summed E-state index contributed by atoms with van der Waals surface area (Å²) in [5, 5.41) is 5.68. The van der Waals surface area contributed by atoms with E-state index in [0.29, 0.717) is 17.8 Å². The molecule has 0 aliphatic carbocycles. The van der Waals surface area contributed by atoms with Crippen molar-refractivity contribution in [2.24, 2.45) is 0 Å². The molecule has 5 nitrogen and oxygen atoms in total. The van der Waals surface area contributed by atoms with E-state index in [1.807, 2.05) is 25.1 Å². The Balaban J connectivity index is 1.62. The van der Waals surface area contributed by atoms with Crippen molar-refractivity contribution in [3.05, 3.63) is 74.3 Å². The molecule has 0 aliphatic heterocycles. The molecule has 0 atom stereocenters. The highest BCUT2D eigenvalue weighted by molar-refractivity contribution is 9.11. The summed E-state index contributed by atoms with van der Waals surface area (Å²) in [6.45, 7) is 2.42. The number of aryl methyl sites for hydroxylation is 1. The second-order valence-electron chi connectivity index (χ2n) is 5.67. The molecule has 0 bridgehead atoms. The number of anilines is 1. The molecule has 0 unspecified atom stereocenters. The highest BCUT2D eigenvalue weighted by Crippen LogP contribution is 2.22. The van der Waals surface area contributed by atoms with Crippen molar-refractivity contribution in [3.8, 4) is 0 Å². The molecule has 0 aliphatic rings. The van der Waals surface area contributed by atoms with Crippen LogP contribution in [0.25, 0.3) is 0 Å². The van der Waals surface area contributed by atoms with Crippen molar-refractivity contribution in [2.45, 2.75) is 13.3 Å². The first-order chi connectivity index (χ1) is 12.5. The molecule has 0 spiro atoms. The molecule has 2 amide bonds. The number of halogens is 1. The van der Waals surface area contributed by atoms with Crippen LogP contribution in [0.5, 0.6) is 0 Å². The second-order valence-corrected chi connectivity index (χ2v) is 8.22. The summed E-state index contributed by atoms with van der Waals surface area (Å²) in [6, 6.07) is 12.5. The van der Waals surface area contributed by atoms with Crippen molar-refractivity contribution in [1.29, 1.82) is 0 Å². The van der Waals surface area contributed by atoms with Crippen LogP contribution < -0.4 is 10.6 Å². The summed E-state index contributed by atoms with van der Waals surface area (Å²) < 4.78 is 6.17. The first kappa shape index (κ1) is 18.4. The van der Waals surface area contributed by atoms with Gasteiger partial charge in [0.15, 0.2) is 5.76 Å². The molecule has 1 aromatic carbocycles. The Bertz CT molecular complexity index is 919. The summed E-state index contributed by atoms with van der Waals surface area (Å²) in [6.07, 6.45) is 2.22. The largest absolute Gasteiger partial charge is 0.459 e. The predicted octanol–water partition coefficient (Wildman–Crippen LogP) is 4.64. The van der Waals surface area contributed by atoms with Crippen molar-refractivity contribution in [3.63, 3.8) is 0 Å². The average Bonchev–Trinajstić information content (AvgIpc) is 3.28. The van der Waals surface area contributed by atoms with Crippen LogP contribution in [0, 0.1) is 6.92 Å². The smallest absolute Gasteiger partial charge is 0.291 e. The van der Waals surface area contributed by atoms with Gasteiger partial charge in [0.05, 0.1) is 10.0 Å². The first-order valence-electron chi connectivity index (χ1n) is 8.01. The number of nitrogens with one attached hydrogen (secondary N) is 2. The Morgan fingerprint density at radius 1 is 1.15 bits per heavy atom. The second kappa shape index (κ2) is 8.33. The van der Waals surface area contributed by atoms with E-state index in [9.17, 15) is 9.59 Å². The first-order valence-corrected chi connectivity index (χ1v) is 9.62. The minimum atomic E-state index is -0.348. The monoisotopic (exact) mass is 432 g/mol.